The molecule has 0 amide bonds. The van der Waals surface area contributed by atoms with E-state index in [1.807, 2.05) is 0 Å². The zero-order valence-electron chi connectivity index (χ0n) is 25.1. The second-order valence-electron chi connectivity index (χ2n) is 12.3. The largest absolute Gasteiger partial charge is 0.456 e. The highest BCUT2D eigenvalue weighted by molar-refractivity contribution is 5.83. The van der Waals surface area contributed by atoms with E-state index in [1.165, 1.54) is 35.1 Å². The van der Waals surface area contributed by atoms with E-state index in [9.17, 15) is 4.79 Å². The van der Waals surface area contributed by atoms with Crippen LogP contribution in [0, 0.1) is 17.8 Å². The van der Waals surface area contributed by atoms with Crippen molar-refractivity contribution in [1.82, 2.24) is 0 Å². The molecule has 1 spiro atoms. The Morgan fingerprint density at radius 1 is 0.865 bits per heavy atom. The predicted octanol–water partition coefficient (Wildman–Crippen LogP) is 10.2. The lowest BCUT2D eigenvalue weighted by atomic mass is 9.72. The van der Waals surface area contributed by atoms with Gasteiger partial charge in [-0.15, -0.1) is 0 Å². The molecule has 0 aromatic heterocycles. The molecule has 1 aliphatic carbocycles. The maximum atomic E-state index is 12.5. The predicted molar refractivity (Wildman–Crippen MR) is 157 cm³/mol. The van der Waals surface area contributed by atoms with Crippen LogP contribution in [0.5, 0.6) is 0 Å². The molecular formula is C34H54O3. The summed E-state index contributed by atoms with van der Waals surface area (Å²) in [6.07, 6.45) is 22.4. The van der Waals surface area contributed by atoms with Crippen molar-refractivity contribution >= 4 is 5.97 Å². The number of allylic oxidation sites excluding steroid dienone is 9. The van der Waals surface area contributed by atoms with Crippen molar-refractivity contribution in [3.8, 4) is 0 Å². The molecule has 2 aliphatic rings. The van der Waals surface area contributed by atoms with Gasteiger partial charge in [0.2, 0.25) is 0 Å². The lowest BCUT2D eigenvalue weighted by Gasteiger charge is -2.48. The molecule has 0 radical (unpaired) electrons. The van der Waals surface area contributed by atoms with Crippen LogP contribution in [0.1, 0.15) is 126 Å². The number of hydrogen-bond acceptors (Lipinski definition) is 3. The standard InChI is InChI=1S/C34H54O3/c1-25(2)13-9-14-27(5)15-10-16-28(6)17-11-18-29(7)19-12-20-31-23-33(35)37-34(36-31)24-30(8)21-22-32(34)26(3)4/h13,15,17,19,23,26,30,32H,9-12,14,16,18,20-22,24H2,1-8H3/b27-15+,28-17+,29-19+/t30-,32+,34-/m1/s1. The molecule has 0 saturated heterocycles. The lowest BCUT2D eigenvalue weighted by molar-refractivity contribution is -0.269. The topological polar surface area (TPSA) is 35.5 Å². The Labute approximate surface area is 228 Å². The van der Waals surface area contributed by atoms with Crippen LogP contribution in [0.2, 0.25) is 0 Å². The lowest BCUT2D eigenvalue weighted by Crippen LogP contribution is -2.52. The summed E-state index contributed by atoms with van der Waals surface area (Å²) in [5.74, 6) is 0.970. The van der Waals surface area contributed by atoms with Gasteiger partial charge in [0, 0.05) is 18.8 Å². The SMILES string of the molecule is CC(C)=CCC/C(C)=C/CC/C(C)=C/CC/C(C)=C/CCC1=CC(=O)O[C@@]2(C[C@H](C)CC[C@H]2C(C)C)O1. The van der Waals surface area contributed by atoms with Crippen LogP contribution < -0.4 is 0 Å². The van der Waals surface area contributed by atoms with Gasteiger partial charge in [0.25, 0.3) is 5.79 Å². The van der Waals surface area contributed by atoms with Crippen LogP contribution in [0.15, 0.2) is 58.4 Å². The molecule has 1 heterocycles. The summed E-state index contributed by atoms with van der Waals surface area (Å²) in [7, 11) is 0. The fourth-order valence-electron chi connectivity index (χ4n) is 5.67. The number of carbonyl (C=O) groups excluding carboxylic acids is 1. The summed E-state index contributed by atoms with van der Waals surface area (Å²) in [6, 6.07) is 0. The van der Waals surface area contributed by atoms with Gasteiger partial charge in [-0.2, -0.15) is 0 Å². The van der Waals surface area contributed by atoms with Gasteiger partial charge in [-0.05, 0) is 104 Å². The Kier molecular flexibility index (Phi) is 13.0. The molecule has 37 heavy (non-hydrogen) atoms. The molecule has 0 unspecified atom stereocenters. The third-order valence-electron chi connectivity index (χ3n) is 7.87. The fraction of sp³-hybridized carbons (Fsp3) is 0.676. The molecule has 1 saturated carbocycles. The molecule has 3 heteroatoms. The van der Waals surface area contributed by atoms with Crippen molar-refractivity contribution in [2.45, 2.75) is 132 Å². The van der Waals surface area contributed by atoms with Crippen LogP contribution >= 0.6 is 0 Å². The number of hydrogen-bond donors (Lipinski definition) is 0. The highest BCUT2D eigenvalue weighted by Gasteiger charge is 2.51. The van der Waals surface area contributed by atoms with Gasteiger partial charge in [0.05, 0.1) is 6.08 Å². The summed E-state index contributed by atoms with van der Waals surface area (Å²) >= 11 is 0. The first-order valence-corrected chi connectivity index (χ1v) is 14.7. The molecule has 2 rings (SSSR count). The zero-order chi connectivity index (χ0) is 27.4. The van der Waals surface area contributed by atoms with E-state index in [-0.39, 0.29) is 11.9 Å². The average Bonchev–Trinajstić information content (AvgIpc) is 2.78. The van der Waals surface area contributed by atoms with Crippen molar-refractivity contribution < 1.29 is 14.3 Å². The van der Waals surface area contributed by atoms with E-state index in [0.717, 1.165) is 63.5 Å². The molecule has 3 nitrogen and oxygen atoms in total. The normalized spacial score (nSPS) is 25.2. The van der Waals surface area contributed by atoms with Gasteiger partial charge in [-0.1, -0.05) is 67.4 Å². The van der Waals surface area contributed by atoms with Crippen LogP contribution in [0.4, 0.5) is 0 Å². The van der Waals surface area contributed by atoms with Gasteiger partial charge < -0.3 is 9.47 Å². The summed E-state index contributed by atoms with van der Waals surface area (Å²) < 4.78 is 12.4. The minimum Gasteiger partial charge on any atom is -0.456 e. The summed E-state index contributed by atoms with van der Waals surface area (Å²) in [5, 5.41) is 0. The van der Waals surface area contributed by atoms with Gasteiger partial charge in [-0.25, -0.2) is 4.79 Å². The highest BCUT2D eigenvalue weighted by atomic mass is 16.7. The van der Waals surface area contributed by atoms with Crippen LogP contribution in [0.25, 0.3) is 0 Å². The summed E-state index contributed by atoms with van der Waals surface area (Å²) in [6.45, 7) is 17.7. The quantitative estimate of drug-likeness (QED) is 0.183. The van der Waals surface area contributed by atoms with E-state index in [1.54, 1.807) is 6.08 Å². The first kappa shape index (κ1) is 31.2. The van der Waals surface area contributed by atoms with Crippen LogP contribution in [-0.4, -0.2) is 11.8 Å². The van der Waals surface area contributed by atoms with E-state index in [0.29, 0.717) is 11.8 Å². The van der Waals surface area contributed by atoms with E-state index >= 15 is 0 Å². The molecule has 0 aromatic carbocycles. The van der Waals surface area contributed by atoms with Crippen molar-refractivity contribution in [1.29, 1.82) is 0 Å². The first-order chi connectivity index (χ1) is 17.5. The van der Waals surface area contributed by atoms with E-state index in [2.05, 4.69) is 79.7 Å². The van der Waals surface area contributed by atoms with Gasteiger partial charge in [0.15, 0.2) is 0 Å². The molecule has 1 fully saturated rings. The number of esters is 1. The second kappa shape index (κ2) is 15.4. The Balaban J connectivity index is 1.78. The number of rotatable bonds is 13. The molecule has 0 N–H and O–H groups in total. The summed E-state index contributed by atoms with van der Waals surface area (Å²) in [5.41, 5.74) is 5.78. The monoisotopic (exact) mass is 510 g/mol. The van der Waals surface area contributed by atoms with Crippen molar-refractivity contribution in [3.05, 3.63) is 58.4 Å². The molecular weight excluding hydrogens is 456 g/mol. The van der Waals surface area contributed by atoms with Gasteiger partial charge in [-0.3, -0.25) is 0 Å². The fourth-order valence-corrected chi connectivity index (χ4v) is 5.67. The summed E-state index contributed by atoms with van der Waals surface area (Å²) in [4.78, 5) is 12.5. The zero-order valence-corrected chi connectivity index (χ0v) is 25.1. The Morgan fingerprint density at radius 3 is 1.95 bits per heavy atom. The smallest absolute Gasteiger partial charge is 0.337 e. The maximum absolute atomic E-state index is 12.5. The maximum Gasteiger partial charge on any atom is 0.337 e. The molecule has 208 valence electrons. The first-order valence-electron chi connectivity index (χ1n) is 14.7. The second-order valence-corrected chi connectivity index (χ2v) is 12.3. The van der Waals surface area contributed by atoms with Crippen molar-refractivity contribution in [2.75, 3.05) is 0 Å². The molecule has 3 atom stereocenters. The average molecular weight is 511 g/mol. The van der Waals surface area contributed by atoms with Gasteiger partial charge in [0.1, 0.15) is 5.76 Å². The minimum absolute atomic E-state index is 0.236. The third kappa shape index (κ3) is 11.1. The number of ether oxygens (including phenoxy) is 2. The third-order valence-corrected chi connectivity index (χ3v) is 7.87. The van der Waals surface area contributed by atoms with E-state index < -0.39 is 5.79 Å². The van der Waals surface area contributed by atoms with Gasteiger partial charge >= 0.3 is 5.97 Å². The van der Waals surface area contributed by atoms with Crippen molar-refractivity contribution in [3.63, 3.8) is 0 Å². The van der Waals surface area contributed by atoms with E-state index in [4.69, 9.17) is 9.47 Å². The molecule has 1 aliphatic heterocycles. The van der Waals surface area contributed by atoms with Crippen LogP contribution in [-0.2, 0) is 14.3 Å². The van der Waals surface area contributed by atoms with Crippen LogP contribution in [0.3, 0.4) is 0 Å². The number of carbonyl (C=O) groups is 1. The molecule has 0 aromatic rings. The Morgan fingerprint density at radius 2 is 1.41 bits per heavy atom. The minimum atomic E-state index is -0.770. The Bertz CT molecular complexity index is 894. The highest BCUT2D eigenvalue weighted by Crippen LogP contribution is 2.47. The Hall–Kier alpha value is -2.03. The van der Waals surface area contributed by atoms with Crippen molar-refractivity contribution in [2.24, 2.45) is 17.8 Å². The molecule has 0 bridgehead atoms.